The monoisotopic (exact) mass is 411 g/mol. The molecule has 0 atom stereocenters. The van der Waals surface area contributed by atoms with E-state index in [1.54, 1.807) is 9.58 Å². The molecular weight excluding hydrogens is 378 g/mol. The summed E-state index contributed by atoms with van der Waals surface area (Å²) in [6.07, 6.45) is 5.27. The van der Waals surface area contributed by atoms with E-state index < -0.39 is 5.97 Å². The maximum atomic E-state index is 13.4. The van der Waals surface area contributed by atoms with Gasteiger partial charge < -0.3 is 5.11 Å². The summed E-state index contributed by atoms with van der Waals surface area (Å²) in [5.41, 5.74) is 2.03. The highest BCUT2D eigenvalue weighted by Gasteiger charge is 2.34. The second kappa shape index (κ2) is 9.02. The van der Waals surface area contributed by atoms with Crippen LogP contribution in [0.1, 0.15) is 82.1 Å². The van der Waals surface area contributed by atoms with Crippen LogP contribution < -0.4 is 4.90 Å². The van der Waals surface area contributed by atoms with E-state index in [0.29, 0.717) is 11.8 Å². The number of carboxylic acid groups (broad SMARTS) is 1. The van der Waals surface area contributed by atoms with Gasteiger partial charge >= 0.3 is 5.97 Å². The summed E-state index contributed by atoms with van der Waals surface area (Å²) < 4.78 is 1.56. The van der Waals surface area contributed by atoms with Gasteiger partial charge in [0.25, 0.3) is 0 Å². The molecule has 1 heterocycles. The lowest BCUT2D eigenvalue weighted by Gasteiger charge is -2.32. The average molecular weight is 412 g/mol. The van der Waals surface area contributed by atoms with Crippen molar-refractivity contribution in [1.29, 1.82) is 0 Å². The summed E-state index contributed by atoms with van der Waals surface area (Å²) in [6, 6.07) is 7.73. The molecular formula is C24H33N3O3. The average Bonchev–Trinajstić information content (AvgIpc) is 3.13. The van der Waals surface area contributed by atoms with Crippen LogP contribution >= 0.6 is 0 Å². The third-order valence-electron chi connectivity index (χ3n) is 6.10. The van der Waals surface area contributed by atoms with E-state index in [-0.39, 0.29) is 29.2 Å². The van der Waals surface area contributed by atoms with Crippen LogP contribution in [0.4, 0.5) is 5.82 Å². The van der Waals surface area contributed by atoms with Gasteiger partial charge in [-0.1, -0.05) is 32.9 Å². The van der Waals surface area contributed by atoms with E-state index in [2.05, 4.69) is 25.9 Å². The Morgan fingerprint density at radius 3 is 2.17 bits per heavy atom. The van der Waals surface area contributed by atoms with Gasteiger partial charge in [-0.25, -0.2) is 9.48 Å². The van der Waals surface area contributed by atoms with Gasteiger partial charge in [0.2, 0.25) is 5.91 Å². The molecule has 6 nitrogen and oxygen atoms in total. The number of amides is 1. The Balaban J connectivity index is 1.97. The summed E-state index contributed by atoms with van der Waals surface area (Å²) in [6.45, 7) is 10.3. The van der Waals surface area contributed by atoms with Crippen molar-refractivity contribution in [2.45, 2.75) is 72.3 Å². The minimum absolute atomic E-state index is 0.0141. The molecule has 0 unspecified atom stereocenters. The molecule has 0 radical (unpaired) electrons. The van der Waals surface area contributed by atoms with Crippen molar-refractivity contribution >= 4 is 17.7 Å². The highest BCUT2D eigenvalue weighted by Crippen LogP contribution is 2.32. The second-order valence-corrected chi connectivity index (χ2v) is 9.12. The smallest absolute Gasteiger partial charge is 0.341 e. The predicted molar refractivity (Wildman–Crippen MR) is 118 cm³/mol. The number of hydrogen-bond donors (Lipinski definition) is 1. The van der Waals surface area contributed by atoms with E-state index in [1.165, 1.54) is 11.8 Å². The molecule has 1 N–H and O–H groups in total. The number of anilines is 1. The van der Waals surface area contributed by atoms with Crippen molar-refractivity contribution in [3.63, 3.8) is 0 Å². The summed E-state index contributed by atoms with van der Waals surface area (Å²) in [5, 5.41) is 14.4. The number of nitrogens with zero attached hydrogens (tertiary/aromatic N) is 3. The van der Waals surface area contributed by atoms with Gasteiger partial charge in [-0.05, 0) is 69.1 Å². The molecule has 1 saturated carbocycles. The highest BCUT2D eigenvalue weighted by atomic mass is 16.4. The Bertz CT molecular complexity index is 891. The zero-order valence-electron chi connectivity index (χ0n) is 18.6. The van der Waals surface area contributed by atoms with Crippen LogP contribution in [0.15, 0.2) is 30.5 Å². The molecule has 0 aliphatic heterocycles. The van der Waals surface area contributed by atoms with Gasteiger partial charge in [-0.3, -0.25) is 9.69 Å². The molecule has 0 spiro atoms. The molecule has 0 bridgehead atoms. The lowest BCUT2D eigenvalue weighted by Crippen LogP contribution is -2.43. The minimum Gasteiger partial charge on any atom is -0.477 e. The van der Waals surface area contributed by atoms with Crippen molar-refractivity contribution in [1.82, 2.24) is 9.78 Å². The third-order valence-corrected chi connectivity index (χ3v) is 6.10. The number of aromatic nitrogens is 2. The molecule has 3 rings (SSSR count). The standard InChI is InChI=1S/C24H33N3O3/c1-15(2)18-10-12-20(13-11-18)26-14-21(24(29)30)22(25-26)27(16(3)4)23(28)19-8-6-17(5)7-9-19/h10-17,19H,6-9H2,1-5H3,(H,29,30)/t17-,19-. The first kappa shape index (κ1) is 22.1. The van der Waals surface area contributed by atoms with Gasteiger partial charge in [0.15, 0.2) is 5.82 Å². The van der Waals surface area contributed by atoms with Crippen LogP contribution in [0.2, 0.25) is 0 Å². The first-order valence-electron chi connectivity index (χ1n) is 10.9. The number of carbonyl (C=O) groups excluding carboxylic acids is 1. The van der Waals surface area contributed by atoms with Crippen LogP contribution in [0.25, 0.3) is 5.69 Å². The second-order valence-electron chi connectivity index (χ2n) is 9.12. The van der Waals surface area contributed by atoms with E-state index in [4.69, 9.17) is 0 Å². The molecule has 1 aliphatic rings. The largest absolute Gasteiger partial charge is 0.477 e. The fourth-order valence-corrected chi connectivity index (χ4v) is 4.14. The molecule has 30 heavy (non-hydrogen) atoms. The summed E-state index contributed by atoms with van der Waals surface area (Å²) in [5.74, 6) is 0.124. The number of benzene rings is 1. The number of aromatic carboxylic acids is 1. The first-order chi connectivity index (χ1) is 14.2. The summed E-state index contributed by atoms with van der Waals surface area (Å²) >= 11 is 0. The van der Waals surface area contributed by atoms with Gasteiger partial charge in [0.05, 0.1) is 5.69 Å². The molecule has 1 amide bonds. The van der Waals surface area contributed by atoms with Gasteiger partial charge in [-0.2, -0.15) is 0 Å². The lowest BCUT2D eigenvalue weighted by atomic mass is 9.82. The fourth-order valence-electron chi connectivity index (χ4n) is 4.14. The summed E-state index contributed by atoms with van der Waals surface area (Å²) in [7, 11) is 0. The maximum Gasteiger partial charge on any atom is 0.341 e. The molecule has 1 fully saturated rings. The molecule has 2 aromatic rings. The van der Waals surface area contributed by atoms with Crippen LogP contribution in [0, 0.1) is 11.8 Å². The topological polar surface area (TPSA) is 75.4 Å². The third kappa shape index (κ3) is 4.58. The normalized spacial score (nSPS) is 19.3. The van der Waals surface area contributed by atoms with E-state index in [9.17, 15) is 14.7 Å². The Morgan fingerprint density at radius 1 is 1.07 bits per heavy atom. The fraction of sp³-hybridized carbons (Fsp3) is 0.542. The van der Waals surface area contributed by atoms with Crippen molar-refractivity contribution in [3.8, 4) is 5.69 Å². The van der Waals surface area contributed by atoms with E-state index >= 15 is 0 Å². The predicted octanol–water partition coefficient (Wildman–Crippen LogP) is 5.26. The van der Waals surface area contributed by atoms with Crippen molar-refractivity contribution in [2.24, 2.45) is 11.8 Å². The number of hydrogen-bond acceptors (Lipinski definition) is 3. The Kier molecular flexibility index (Phi) is 6.64. The van der Waals surface area contributed by atoms with Crippen LogP contribution in [0.3, 0.4) is 0 Å². The van der Waals surface area contributed by atoms with Crippen molar-refractivity contribution in [2.75, 3.05) is 4.90 Å². The number of carbonyl (C=O) groups is 2. The van der Waals surface area contributed by atoms with Crippen LogP contribution in [-0.4, -0.2) is 32.8 Å². The molecule has 6 heteroatoms. The number of carboxylic acids is 1. The highest BCUT2D eigenvalue weighted by molar-refractivity contribution is 6.01. The quantitative estimate of drug-likeness (QED) is 0.703. The van der Waals surface area contributed by atoms with Gasteiger partial charge in [0, 0.05) is 18.2 Å². The SMILES string of the molecule is CC(C)c1ccc(-n2cc(C(=O)O)c(N(C(=O)[C@H]3CC[C@H](C)CC3)C(C)C)n2)cc1. The molecule has 0 saturated heterocycles. The molecule has 1 aromatic carbocycles. The zero-order valence-corrected chi connectivity index (χ0v) is 18.6. The van der Waals surface area contributed by atoms with Gasteiger partial charge in [-0.15, -0.1) is 5.10 Å². The van der Waals surface area contributed by atoms with Crippen LogP contribution in [0.5, 0.6) is 0 Å². The molecule has 162 valence electrons. The van der Waals surface area contributed by atoms with Crippen molar-refractivity contribution < 1.29 is 14.7 Å². The molecule has 1 aliphatic carbocycles. The van der Waals surface area contributed by atoms with E-state index in [1.807, 2.05) is 38.1 Å². The lowest BCUT2D eigenvalue weighted by molar-refractivity contribution is -0.123. The van der Waals surface area contributed by atoms with Gasteiger partial charge in [0.1, 0.15) is 5.56 Å². The Hall–Kier alpha value is -2.63. The summed E-state index contributed by atoms with van der Waals surface area (Å²) in [4.78, 5) is 26.9. The maximum absolute atomic E-state index is 13.4. The zero-order chi connectivity index (χ0) is 22.0. The molecule has 1 aromatic heterocycles. The first-order valence-corrected chi connectivity index (χ1v) is 10.9. The van der Waals surface area contributed by atoms with Crippen LogP contribution in [-0.2, 0) is 4.79 Å². The van der Waals surface area contributed by atoms with Crippen molar-refractivity contribution in [3.05, 3.63) is 41.6 Å². The number of rotatable bonds is 6. The Morgan fingerprint density at radius 2 is 1.67 bits per heavy atom. The van der Waals surface area contributed by atoms with E-state index in [0.717, 1.165) is 31.4 Å². The minimum atomic E-state index is -1.08. The Labute approximate surface area is 178 Å².